The van der Waals surface area contributed by atoms with Crippen LogP contribution in [0, 0.1) is 0 Å². The summed E-state index contributed by atoms with van der Waals surface area (Å²) in [5, 5.41) is 11.7. The van der Waals surface area contributed by atoms with Crippen molar-refractivity contribution in [3.05, 3.63) is 29.8 Å². The number of benzene rings is 1. The van der Waals surface area contributed by atoms with E-state index in [9.17, 15) is 18.0 Å². The maximum atomic E-state index is 11.9. The molecule has 126 valence electrons. The summed E-state index contributed by atoms with van der Waals surface area (Å²) < 4.78 is 24.6. The normalized spacial score (nSPS) is 18.5. The molecule has 1 amide bonds. The lowest BCUT2D eigenvalue weighted by atomic mass is 10.0. The Kier molecular flexibility index (Phi) is 5.38. The van der Waals surface area contributed by atoms with Crippen LogP contribution in [0.15, 0.2) is 24.3 Å². The van der Waals surface area contributed by atoms with E-state index in [1.165, 1.54) is 4.31 Å². The van der Waals surface area contributed by atoms with E-state index >= 15 is 0 Å². The number of hydrogen-bond donors (Lipinski definition) is 2. The van der Waals surface area contributed by atoms with Gasteiger partial charge in [0.2, 0.25) is 15.9 Å². The number of carboxylic acids is 1. The van der Waals surface area contributed by atoms with Gasteiger partial charge in [0.05, 0.1) is 11.7 Å². The van der Waals surface area contributed by atoms with Gasteiger partial charge in [0, 0.05) is 25.2 Å². The van der Waals surface area contributed by atoms with Crippen molar-refractivity contribution in [2.24, 2.45) is 0 Å². The molecule has 1 fully saturated rings. The minimum Gasteiger partial charge on any atom is -0.481 e. The van der Waals surface area contributed by atoms with Gasteiger partial charge in [-0.05, 0) is 31.0 Å². The predicted octanol–water partition coefficient (Wildman–Crippen LogP) is 1.24. The zero-order valence-corrected chi connectivity index (χ0v) is 13.7. The summed E-state index contributed by atoms with van der Waals surface area (Å²) >= 11 is 0. The molecule has 1 aliphatic heterocycles. The molecular weight excluding hydrogens is 320 g/mol. The number of sulfonamides is 1. The van der Waals surface area contributed by atoms with E-state index in [0.29, 0.717) is 24.2 Å². The van der Waals surface area contributed by atoms with Crippen LogP contribution in [0.5, 0.6) is 0 Å². The number of aliphatic carboxylic acids is 1. The second-order valence-corrected chi connectivity index (χ2v) is 7.64. The molecule has 1 unspecified atom stereocenters. The molecule has 0 bridgehead atoms. The Hall–Kier alpha value is -1.93. The highest BCUT2D eigenvalue weighted by Crippen LogP contribution is 2.20. The third-order valence-corrected chi connectivity index (χ3v) is 5.79. The average molecular weight is 340 g/mol. The van der Waals surface area contributed by atoms with Crippen molar-refractivity contribution >= 4 is 27.6 Å². The molecular formula is C15H20N2O5S. The molecule has 1 aromatic carbocycles. The Morgan fingerprint density at radius 2 is 2.13 bits per heavy atom. The van der Waals surface area contributed by atoms with Gasteiger partial charge < -0.3 is 10.4 Å². The molecule has 1 aliphatic rings. The van der Waals surface area contributed by atoms with Crippen LogP contribution in [0.1, 0.15) is 31.2 Å². The lowest BCUT2D eigenvalue weighted by Gasteiger charge is -2.14. The Balaban J connectivity index is 1.93. The summed E-state index contributed by atoms with van der Waals surface area (Å²) in [5.74, 6) is -1.76. The van der Waals surface area contributed by atoms with Crippen LogP contribution in [-0.4, -0.2) is 48.5 Å². The molecule has 0 radical (unpaired) electrons. The third kappa shape index (κ3) is 4.52. The molecule has 1 heterocycles. The van der Waals surface area contributed by atoms with E-state index in [1.807, 2.05) is 0 Å². The van der Waals surface area contributed by atoms with Gasteiger partial charge in [-0.3, -0.25) is 9.59 Å². The number of amides is 1. The fraction of sp³-hybridized carbons (Fsp3) is 0.467. The van der Waals surface area contributed by atoms with Gasteiger partial charge in [-0.2, -0.15) is 0 Å². The molecule has 1 saturated heterocycles. The monoisotopic (exact) mass is 340 g/mol. The Morgan fingerprint density at radius 3 is 2.74 bits per heavy atom. The SMILES string of the molecule is CC(C(=O)O)c1cccc(NC(=O)CCN2CCCS2(=O)=O)c1. The number of carboxylic acid groups (broad SMARTS) is 1. The first-order valence-corrected chi connectivity index (χ1v) is 9.01. The predicted molar refractivity (Wildman–Crippen MR) is 85.7 cm³/mol. The zero-order chi connectivity index (χ0) is 17.0. The first-order chi connectivity index (χ1) is 10.8. The first kappa shape index (κ1) is 17.4. The quantitative estimate of drug-likeness (QED) is 0.811. The maximum Gasteiger partial charge on any atom is 0.310 e. The van der Waals surface area contributed by atoms with E-state index in [4.69, 9.17) is 5.11 Å². The topological polar surface area (TPSA) is 104 Å². The highest BCUT2D eigenvalue weighted by molar-refractivity contribution is 7.89. The van der Waals surface area contributed by atoms with Gasteiger partial charge >= 0.3 is 5.97 Å². The Bertz CT molecular complexity index is 702. The molecule has 23 heavy (non-hydrogen) atoms. The van der Waals surface area contributed by atoms with Crippen molar-refractivity contribution < 1.29 is 23.1 Å². The molecule has 0 spiro atoms. The summed E-state index contributed by atoms with van der Waals surface area (Å²) in [5.41, 5.74) is 1.10. The largest absolute Gasteiger partial charge is 0.481 e. The van der Waals surface area contributed by atoms with E-state index < -0.39 is 21.9 Å². The van der Waals surface area contributed by atoms with Crippen LogP contribution < -0.4 is 5.32 Å². The fourth-order valence-corrected chi connectivity index (χ4v) is 3.95. The molecule has 0 aromatic heterocycles. The van der Waals surface area contributed by atoms with Gasteiger partial charge in [0.25, 0.3) is 0 Å². The number of carbonyl (C=O) groups is 2. The minimum absolute atomic E-state index is 0.0674. The molecule has 7 nitrogen and oxygen atoms in total. The number of carbonyl (C=O) groups excluding carboxylic acids is 1. The Labute approximate surface area is 135 Å². The van der Waals surface area contributed by atoms with E-state index in [2.05, 4.69) is 5.32 Å². The molecule has 0 aliphatic carbocycles. The van der Waals surface area contributed by atoms with Crippen LogP contribution >= 0.6 is 0 Å². The summed E-state index contributed by atoms with van der Waals surface area (Å²) in [7, 11) is -3.20. The van der Waals surface area contributed by atoms with E-state index in [0.717, 1.165) is 0 Å². The fourth-order valence-electron chi connectivity index (χ4n) is 2.42. The maximum absolute atomic E-state index is 11.9. The highest BCUT2D eigenvalue weighted by Gasteiger charge is 2.28. The van der Waals surface area contributed by atoms with Crippen LogP contribution in [0.4, 0.5) is 5.69 Å². The number of nitrogens with zero attached hydrogens (tertiary/aromatic N) is 1. The summed E-state index contributed by atoms with van der Waals surface area (Å²) in [6.07, 6.45) is 0.664. The van der Waals surface area contributed by atoms with Gasteiger partial charge in [0.1, 0.15) is 0 Å². The van der Waals surface area contributed by atoms with Crippen LogP contribution in [-0.2, 0) is 19.6 Å². The van der Waals surface area contributed by atoms with Gasteiger partial charge in [0.15, 0.2) is 0 Å². The lowest BCUT2D eigenvalue weighted by Crippen LogP contribution is -2.29. The van der Waals surface area contributed by atoms with Crippen LogP contribution in [0.25, 0.3) is 0 Å². The van der Waals surface area contributed by atoms with Crippen LogP contribution in [0.3, 0.4) is 0 Å². The van der Waals surface area contributed by atoms with Crippen molar-refractivity contribution in [3.63, 3.8) is 0 Å². The molecule has 1 atom stereocenters. The second-order valence-electron chi connectivity index (χ2n) is 5.55. The number of anilines is 1. The minimum atomic E-state index is -3.20. The number of nitrogens with one attached hydrogen (secondary N) is 1. The number of hydrogen-bond acceptors (Lipinski definition) is 4. The van der Waals surface area contributed by atoms with Crippen molar-refractivity contribution in [2.75, 3.05) is 24.2 Å². The molecule has 8 heteroatoms. The lowest BCUT2D eigenvalue weighted by molar-refractivity contribution is -0.138. The van der Waals surface area contributed by atoms with Crippen molar-refractivity contribution in [3.8, 4) is 0 Å². The van der Waals surface area contributed by atoms with Gasteiger partial charge in [-0.1, -0.05) is 12.1 Å². The Morgan fingerprint density at radius 1 is 1.39 bits per heavy atom. The average Bonchev–Trinajstić information content (AvgIpc) is 2.83. The summed E-state index contributed by atoms with van der Waals surface area (Å²) in [6.45, 7) is 2.20. The highest BCUT2D eigenvalue weighted by atomic mass is 32.2. The molecule has 0 saturated carbocycles. The van der Waals surface area contributed by atoms with Crippen LogP contribution in [0.2, 0.25) is 0 Å². The van der Waals surface area contributed by atoms with Crippen molar-refractivity contribution in [2.45, 2.75) is 25.7 Å². The van der Waals surface area contributed by atoms with Crippen molar-refractivity contribution in [1.82, 2.24) is 4.31 Å². The third-order valence-electron chi connectivity index (χ3n) is 3.83. The molecule has 2 N–H and O–H groups in total. The zero-order valence-electron chi connectivity index (χ0n) is 12.9. The summed E-state index contributed by atoms with van der Waals surface area (Å²) in [4.78, 5) is 22.9. The molecule has 2 rings (SSSR count). The van der Waals surface area contributed by atoms with Gasteiger partial charge in [-0.15, -0.1) is 0 Å². The summed E-state index contributed by atoms with van der Waals surface area (Å²) in [6, 6.07) is 6.65. The van der Waals surface area contributed by atoms with E-state index in [-0.39, 0.29) is 24.6 Å². The second kappa shape index (κ2) is 7.10. The van der Waals surface area contributed by atoms with E-state index in [1.54, 1.807) is 31.2 Å². The smallest absolute Gasteiger partial charge is 0.310 e. The molecule has 1 aromatic rings. The first-order valence-electron chi connectivity index (χ1n) is 7.40. The standard InChI is InChI=1S/C15H20N2O5S/c1-11(15(19)20)12-4-2-5-13(10-12)16-14(18)6-8-17-7-3-9-23(17,21)22/h2,4-5,10-11H,3,6-9H2,1H3,(H,16,18)(H,19,20). The number of rotatable bonds is 6. The van der Waals surface area contributed by atoms with Gasteiger partial charge in [-0.25, -0.2) is 12.7 Å². The van der Waals surface area contributed by atoms with Crippen molar-refractivity contribution in [1.29, 1.82) is 0 Å².